The maximum Gasteiger partial charge on any atom is 0.220 e. The van der Waals surface area contributed by atoms with Crippen molar-refractivity contribution in [3.05, 3.63) is 59.1 Å². The molecule has 1 aliphatic rings. The summed E-state index contributed by atoms with van der Waals surface area (Å²) in [6.45, 7) is 3.77. The molecule has 3 rings (SSSR count). The highest BCUT2D eigenvalue weighted by Gasteiger charge is 2.23. The number of carbonyl (C=O) groups is 1. The lowest BCUT2D eigenvalue weighted by molar-refractivity contribution is -0.121. The first kappa shape index (κ1) is 22.9. The first-order valence-corrected chi connectivity index (χ1v) is 11.6. The van der Waals surface area contributed by atoms with Gasteiger partial charge < -0.3 is 14.8 Å². The number of methoxy groups -OCH3 is 1. The third kappa shape index (κ3) is 7.20. The van der Waals surface area contributed by atoms with Gasteiger partial charge in [-0.3, -0.25) is 9.69 Å². The lowest BCUT2D eigenvalue weighted by Gasteiger charge is -2.35. The topological polar surface area (TPSA) is 50.8 Å². The number of morpholine rings is 1. The highest BCUT2D eigenvalue weighted by molar-refractivity contribution is 7.99. The Kier molecular flexibility index (Phi) is 9.33. The van der Waals surface area contributed by atoms with E-state index in [1.807, 2.05) is 36.4 Å². The molecular weight excluding hydrogens is 420 g/mol. The Bertz CT molecular complexity index is 780. The maximum absolute atomic E-state index is 12.4. The molecule has 0 radical (unpaired) electrons. The number of ether oxygens (including phenoxy) is 2. The summed E-state index contributed by atoms with van der Waals surface area (Å²) >= 11 is 7.66. The van der Waals surface area contributed by atoms with E-state index in [2.05, 4.69) is 22.3 Å². The molecule has 1 atom stereocenters. The fourth-order valence-corrected chi connectivity index (χ4v) is 4.40. The van der Waals surface area contributed by atoms with Gasteiger partial charge in [-0.25, -0.2) is 0 Å². The molecule has 1 unspecified atom stereocenters. The molecule has 30 heavy (non-hydrogen) atoms. The summed E-state index contributed by atoms with van der Waals surface area (Å²) < 4.78 is 10.8. The standard InChI is InChI=1S/C23H29ClN2O3S/c1-28-20-8-4-18(5-9-20)22(26-12-14-29-15-13-26)17-25-23(27)3-2-16-30-21-10-6-19(24)7-11-21/h4-11,22H,2-3,12-17H2,1H3,(H,25,27). The van der Waals surface area contributed by atoms with Crippen LogP contribution in [-0.4, -0.2) is 56.5 Å². The number of nitrogens with one attached hydrogen (secondary N) is 1. The molecule has 0 saturated carbocycles. The van der Waals surface area contributed by atoms with E-state index in [1.165, 1.54) is 10.5 Å². The first-order valence-electron chi connectivity index (χ1n) is 10.3. The molecule has 1 heterocycles. The van der Waals surface area contributed by atoms with Gasteiger partial charge in [-0.15, -0.1) is 11.8 Å². The molecule has 1 amide bonds. The van der Waals surface area contributed by atoms with E-state index >= 15 is 0 Å². The minimum Gasteiger partial charge on any atom is -0.497 e. The molecular formula is C23H29ClN2O3S. The average Bonchev–Trinajstić information content (AvgIpc) is 2.79. The smallest absolute Gasteiger partial charge is 0.220 e. The molecule has 0 bridgehead atoms. The SMILES string of the molecule is COc1ccc(C(CNC(=O)CCCSc2ccc(Cl)cc2)N2CCOCC2)cc1. The van der Waals surface area contributed by atoms with E-state index in [1.54, 1.807) is 18.9 Å². The molecule has 2 aromatic carbocycles. The van der Waals surface area contributed by atoms with E-state index < -0.39 is 0 Å². The third-order valence-corrected chi connectivity index (χ3v) is 6.46. The monoisotopic (exact) mass is 448 g/mol. The normalized spacial score (nSPS) is 15.5. The van der Waals surface area contributed by atoms with Crippen LogP contribution in [0.5, 0.6) is 5.75 Å². The summed E-state index contributed by atoms with van der Waals surface area (Å²) in [5.41, 5.74) is 1.18. The number of thioether (sulfide) groups is 1. The molecule has 1 fully saturated rings. The van der Waals surface area contributed by atoms with Gasteiger partial charge in [-0.1, -0.05) is 23.7 Å². The number of carbonyl (C=O) groups excluding carboxylic acids is 1. The van der Waals surface area contributed by atoms with E-state index in [4.69, 9.17) is 21.1 Å². The van der Waals surface area contributed by atoms with Gasteiger partial charge in [0.15, 0.2) is 0 Å². The lowest BCUT2D eigenvalue weighted by atomic mass is 10.0. The van der Waals surface area contributed by atoms with Crippen LogP contribution in [0, 0.1) is 0 Å². The second-order valence-electron chi connectivity index (χ2n) is 7.15. The van der Waals surface area contributed by atoms with Crippen molar-refractivity contribution in [1.82, 2.24) is 10.2 Å². The van der Waals surface area contributed by atoms with Crippen LogP contribution in [0.2, 0.25) is 5.02 Å². The van der Waals surface area contributed by atoms with Crippen molar-refractivity contribution in [3.8, 4) is 5.75 Å². The van der Waals surface area contributed by atoms with Crippen LogP contribution < -0.4 is 10.1 Å². The Labute approximate surface area is 188 Å². The third-order valence-electron chi connectivity index (χ3n) is 5.11. The zero-order valence-corrected chi connectivity index (χ0v) is 18.9. The van der Waals surface area contributed by atoms with Crippen molar-refractivity contribution in [3.63, 3.8) is 0 Å². The van der Waals surface area contributed by atoms with E-state index in [-0.39, 0.29) is 11.9 Å². The van der Waals surface area contributed by atoms with Crippen LogP contribution in [0.1, 0.15) is 24.4 Å². The summed E-state index contributed by atoms with van der Waals surface area (Å²) in [6, 6.07) is 16.0. The summed E-state index contributed by atoms with van der Waals surface area (Å²) in [4.78, 5) is 16.0. The van der Waals surface area contributed by atoms with Crippen LogP contribution >= 0.6 is 23.4 Å². The fourth-order valence-electron chi connectivity index (χ4n) is 3.43. The summed E-state index contributed by atoms with van der Waals surface area (Å²) in [6.07, 6.45) is 1.36. The fraction of sp³-hybridized carbons (Fsp3) is 0.435. The molecule has 7 heteroatoms. The van der Waals surface area contributed by atoms with Gasteiger partial charge in [0.25, 0.3) is 0 Å². The predicted molar refractivity (Wildman–Crippen MR) is 123 cm³/mol. The molecule has 162 valence electrons. The van der Waals surface area contributed by atoms with Crippen LogP contribution in [0.15, 0.2) is 53.4 Å². The van der Waals surface area contributed by atoms with E-state index in [0.29, 0.717) is 13.0 Å². The second kappa shape index (κ2) is 12.2. The number of benzene rings is 2. The Morgan fingerprint density at radius 1 is 1.17 bits per heavy atom. The van der Waals surface area contributed by atoms with Gasteiger partial charge in [0.05, 0.1) is 26.4 Å². The highest BCUT2D eigenvalue weighted by Crippen LogP contribution is 2.24. The van der Waals surface area contributed by atoms with Crippen LogP contribution in [0.3, 0.4) is 0 Å². The van der Waals surface area contributed by atoms with Crippen molar-refractivity contribution in [2.75, 3.05) is 45.7 Å². The molecule has 1 N–H and O–H groups in total. The van der Waals surface area contributed by atoms with Crippen molar-refractivity contribution in [2.24, 2.45) is 0 Å². The van der Waals surface area contributed by atoms with Crippen molar-refractivity contribution >= 4 is 29.3 Å². The average molecular weight is 449 g/mol. The quantitative estimate of drug-likeness (QED) is 0.431. The largest absolute Gasteiger partial charge is 0.497 e. The number of rotatable bonds is 10. The Morgan fingerprint density at radius 2 is 1.87 bits per heavy atom. The van der Waals surface area contributed by atoms with Gasteiger partial charge in [0.2, 0.25) is 5.91 Å². The highest BCUT2D eigenvalue weighted by atomic mass is 35.5. The summed E-state index contributed by atoms with van der Waals surface area (Å²) in [7, 11) is 1.67. The van der Waals surface area contributed by atoms with Crippen LogP contribution in [0.4, 0.5) is 0 Å². The van der Waals surface area contributed by atoms with Crippen LogP contribution in [0.25, 0.3) is 0 Å². The maximum atomic E-state index is 12.4. The zero-order chi connectivity index (χ0) is 21.2. The van der Waals surface area contributed by atoms with Gasteiger partial charge in [-0.05, 0) is 54.1 Å². The first-order chi connectivity index (χ1) is 14.7. The molecule has 2 aromatic rings. The minimum absolute atomic E-state index is 0.0958. The van der Waals surface area contributed by atoms with Gasteiger partial charge >= 0.3 is 0 Å². The van der Waals surface area contributed by atoms with Gasteiger partial charge in [0.1, 0.15) is 5.75 Å². The van der Waals surface area contributed by atoms with E-state index in [0.717, 1.165) is 49.2 Å². The summed E-state index contributed by atoms with van der Waals surface area (Å²) in [5.74, 6) is 1.83. The van der Waals surface area contributed by atoms with Gasteiger partial charge in [0, 0.05) is 36.0 Å². The number of hydrogen-bond donors (Lipinski definition) is 1. The Hall–Kier alpha value is -1.73. The Balaban J connectivity index is 1.47. The van der Waals surface area contributed by atoms with Crippen molar-refractivity contribution < 1.29 is 14.3 Å². The molecule has 1 aliphatic heterocycles. The molecule has 5 nitrogen and oxygen atoms in total. The number of halogens is 1. The number of amides is 1. The molecule has 0 aromatic heterocycles. The van der Waals surface area contributed by atoms with Crippen molar-refractivity contribution in [1.29, 1.82) is 0 Å². The van der Waals surface area contributed by atoms with Gasteiger partial charge in [-0.2, -0.15) is 0 Å². The predicted octanol–water partition coefficient (Wildman–Crippen LogP) is 4.41. The van der Waals surface area contributed by atoms with Crippen molar-refractivity contribution in [2.45, 2.75) is 23.8 Å². The summed E-state index contributed by atoms with van der Waals surface area (Å²) in [5, 5.41) is 3.88. The van der Waals surface area contributed by atoms with E-state index in [9.17, 15) is 4.79 Å². The zero-order valence-electron chi connectivity index (χ0n) is 17.3. The molecule has 1 saturated heterocycles. The number of hydrogen-bond acceptors (Lipinski definition) is 5. The lowest BCUT2D eigenvalue weighted by Crippen LogP contribution is -2.43. The minimum atomic E-state index is 0.0958. The van der Waals surface area contributed by atoms with Crippen LogP contribution in [-0.2, 0) is 9.53 Å². The molecule has 0 aliphatic carbocycles. The number of nitrogens with zero attached hydrogens (tertiary/aromatic N) is 1. The Morgan fingerprint density at radius 3 is 2.53 bits per heavy atom. The second-order valence-corrected chi connectivity index (χ2v) is 8.75. The molecule has 0 spiro atoms.